The van der Waals surface area contributed by atoms with Crippen molar-refractivity contribution in [1.29, 1.82) is 0 Å². The molecular weight excluding hydrogens is 338 g/mol. The van der Waals surface area contributed by atoms with Crippen LogP contribution in [-0.4, -0.2) is 37.9 Å². The molecule has 1 aromatic heterocycles. The molecule has 2 amide bonds. The fourth-order valence-electron chi connectivity index (χ4n) is 2.28. The zero-order chi connectivity index (χ0) is 18.6. The summed E-state index contributed by atoms with van der Waals surface area (Å²) in [6.45, 7) is 7.69. The zero-order valence-electron chi connectivity index (χ0n) is 14.9. The number of nitrogens with zero attached hydrogens (tertiary/aromatic N) is 3. The Hall–Kier alpha value is -2.35. The number of rotatable bonds is 6. The van der Waals surface area contributed by atoms with Gasteiger partial charge in [-0.3, -0.25) is 14.2 Å². The van der Waals surface area contributed by atoms with Crippen LogP contribution in [0, 0.1) is 6.92 Å². The first-order chi connectivity index (χ1) is 11.7. The number of aryl methyl sites for hydroxylation is 1. The molecular formula is C17H23N5O2S. The van der Waals surface area contributed by atoms with Crippen LogP contribution >= 0.6 is 11.8 Å². The van der Waals surface area contributed by atoms with Gasteiger partial charge < -0.3 is 11.1 Å². The van der Waals surface area contributed by atoms with Crippen molar-refractivity contribution in [2.24, 2.45) is 5.73 Å². The number of nitrogens with two attached hydrogens (primary N) is 1. The van der Waals surface area contributed by atoms with Crippen LogP contribution in [0.4, 0.5) is 0 Å². The highest BCUT2D eigenvalue weighted by Crippen LogP contribution is 2.24. The van der Waals surface area contributed by atoms with Crippen molar-refractivity contribution >= 4 is 23.6 Å². The van der Waals surface area contributed by atoms with Gasteiger partial charge in [0, 0.05) is 11.1 Å². The molecule has 25 heavy (non-hydrogen) atoms. The minimum Gasteiger partial charge on any atom is -0.368 e. The number of carbonyl (C=O) groups is 2. The van der Waals surface area contributed by atoms with E-state index < -0.39 is 5.91 Å². The van der Waals surface area contributed by atoms with Crippen LogP contribution in [0.5, 0.6) is 0 Å². The normalized spacial score (nSPS) is 11.4. The largest absolute Gasteiger partial charge is 0.368 e. The number of benzene rings is 1. The minimum atomic E-state index is -0.491. The van der Waals surface area contributed by atoms with E-state index in [0.717, 1.165) is 11.1 Å². The van der Waals surface area contributed by atoms with E-state index in [-0.39, 0.29) is 23.7 Å². The van der Waals surface area contributed by atoms with Gasteiger partial charge in [-0.1, -0.05) is 35.5 Å². The van der Waals surface area contributed by atoms with Gasteiger partial charge in [0.1, 0.15) is 6.54 Å². The molecule has 0 aliphatic carbocycles. The van der Waals surface area contributed by atoms with E-state index >= 15 is 0 Å². The van der Waals surface area contributed by atoms with Gasteiger partial charge in [0.2, 0.25) is 11.8 Å². The van der Waals surface area contributed by atoms with Gasteiger partial charge in [-0.25, -0.2) is 0 Å². The minimum absolute atomic E-state index is 0.0422. The molecule has 0 saturated heterocycles. The average molecular weight is 361 g/mol. The van der Waals surface area contributed by atoms with Gasteiger partial charge in [-0.05, 0) is 33.8 Å². The summed E-state index contributed by atoms with van der Waals surface area (Å²) >= 11 is 1.23. The van der Waals surface area contributed by atoms with E-state index in [1.807, 2.05) is 52.0 Å². The van der Waals surface area contributed by atoms with E-state index in [2.05, 4.69) is 15.5 Å². The maximum absolute atomic E-state index is 12.0. The predicted molar refractivity (Wildman–Crippen MR) is 98.0 cm³/mol. The van der Waals surface area contributed by atoms with Crippen LogP contribution < -0.4 is 11.1 Å². The van der Waals surface area contributed by atoms with Crippen molar-refractivity contribution < 1.29 is 9.59 Å². The Labute approximate surface area is 151 Å². The van der Waals surface area contributed by atoms with Gasteiger partial charge in [-0.15, -0.1) is 10.2 Å². The Balaban J connectivity index is 2.24. The molecule has 3 N–H and O–H groups in total. The number of nitrogens with one attached hydrogen (secondary N) is 1. The van der Waals surface area contributed by atoms with E-state index in [4.69, 9.17) is 5.73 Å². The summed E-state index contributed by atoms with van der Waals surface area (Å²) in [7, 11) is 0. The summed E-state index contributed by atoms with van der Waals surface area (Å²) in [6, 6.07) is 7.75. The number of hydrogen-bond acceptors (Lipinski definition) is 5. The zero-order valence-corrected chi connectivity index (χ0v) is 15.7. The van der Waals surface area contributed by atoms with Crippen LogP contribution in [0.3, 0.4) is 0 Å². The number of carbonyl (C=O) groups excluding carboxylic acids is 2. The number of thioether (sulfide) groups is 1. The highest BCUT2D eigenvalue weighted by Gasteiger charge is 2.19. The van der Waals surface area contributed by atoms with Crippen LogP contribution in [0.1, 0.15) is 26.3 Å². The Morgan fingerprint density at radius 3 is 2.60 bits per heavy atom. The molecule has 1 aromatic carbocycles. The molecule has 0 aliphatic heterocycles. The number of amides is 2. The summed E-state index contributed by atoms with van der Waals surface area (Å²) < 4.78 is 1.64. The molecule has 2 rings (SSSR count). The number of hydrogen-bond donors (Lipinski definition) is 2. The van der Waals surface area contributed by atoms with Gasteiger partial charge in [0.05, 0.1) is 5.75 Å². The fourth-order valence-corrected chi connectivity index (χ4v) is 3.01. The summed E-state index contributed by atoms with van der Waals surface area (Å²) in [5, 5.41) is 11.7. The quantitative estimate of drug-likeness (QED) is 0.763. The SMILES string of the molecule is Cc1cccc(-c2nnc(SCC(=O)NC(C)(C)C)n2CC(N)=O)c1. The van der Waals surface area contributed by atoms with E-state index in [0.29, 0.717) is 11.0 Å². The molecule has 0 bridgehead atoms. The topological polar surface area (TPSA) is 103 Å². The number of aromatic nitrogens is 3. The highest BCUT2D eigenvalue weighted by molar-refractivity contribution is 7.99. The molecule has 134 valence electrons. The molecule has 0 fully saturated rings. The van der Waals surface area contributed by atoms with E-state index in [1.165, 1.54) is 11.8 Å². The Bertz CT molecular complexity index is 780. The lowest BCUT2D eigenvalue weighted by molar-refractivity contribution is -0.120. The molecule has 0 unspecified atom stereocenters. The lowest BCUT2D eigenvalue weighted by Crippen LogP contribution is -2.41. The maximum atomic E-state index is 12.0. The van der Waals surface area contributed by atoms with Crippen LogP contribution in [0.15, 0.2) is 29.4 Å². The van der Waals surface area contributed by atoms with Gasteiger partial charge in [-0.2, -0.15) is 0 Å². The summed E-state index contributed by atoms with van der Waals surface area (Å²) in [4.78, 5) is 23.5. The summed E-state index contributed by atoms with van der Waals surface area (Å²) in [6.07, 6.45) is 0. The second-order valence-electron chi connectivity index (χ2n) is 6.81. The molecule has 0 aliphatic rings. The second-order valence-corrected chi connectivity index (χ2v) is 7.76. The molecule has 7 nitrogen and oxygen atoms in total. The third-order valence-electron chi connectivity index (χ3n) is 3.15. The van der Waals surface area contributed by atoms with Crippen LogP contribution in [0.2, 0.25) is 0 Å². The third kappa shape index (κ3) is 5.60. The Kier molecular flexibility index (Phi) is 5.84. The molecule has 8 heteroatoms. The number of primary amides is 1. The summed E-state index contributed by atoms with van der Waals surface area (Å²) in [5.74, 6) is 0.140. The second kappa shape index (κ2) is 7.69. The molecule has 0 radical (unpaired) electrons. The van der Waals surface area contributed by atoms with Crippen LogP contribution in [0.25, 0.3) is 11.4 Å². The monoisotopic (exact) mass is 361 g/mol. The standard InChI is InChI=1S/C17H23N5O2S/c1-11-6-5-7-12(8-11)15-20-21-16(22(15)9-13(18)23)25-10-14(24)19-17(2,3)4/h5-8H,9-10H2,1-4H3,(H2,18,23)(H,19,24). The lowest BCUT2D eigenvalue weighted by atomic mass is 10.1. The molecule has 1 heterocycles. The Morgan fingerprint density at radius 1 is 1.28 bits per heavy atom. The summed E-state index contributed by atoms with van der Waals surface area (Å²) in [5.41, 5.74) is 6.99. The first-order valence-corrected chi connectivity index (χ1v) is 8.86. The molecule has 0 spiro atoms. The first-order valence-electron chi connectivity index (χ1n) is 7.88. The third-order valence-corrected chi connectivity index (χ3v) is 4.12. The van der Waals surface area contributed by atoms with Crippen molar-refractivity contribution in [2.75, 3.05) is 5.75 Å². The smallest absolute Gasteiger partial charge is 0.237 e. The van der Waals surface area contributed by atoms with E-state index in [9.17, 15) is 9.59 Å². The first kappa shape index (κ1) is 19.0. The average Bonchev–Trinajstić information content (AvgIpc) is 2.85. The highest BCUT2D eigenvalue weighted by atomic mass is 32.2. The maximum Gasteiger partial charge on any atom is 0.237 e. The molecule has 0 atom stereocenters. The van der Waals surface area contributed by atoms with Gasteiger partial charge >= 0.3 is 0 Å². The van der Waals surface area contributed by atoms with Crippen LogP contribution in [-0.2, 0) is 16.1 Å². The van der Waals surface area contributed by atoms with Gasteiger partial charge in [0.15, 0.2) is 11.0 Å². The predicted octanol–water partition coefficient (Wildman–Crippen LogP) is 1.75. The Morgan fingerprint density at radius 2 is 2.00 bits per heavy atom. The van der Waals surface area contributed by atoms with Gasteiger partial charge in [0.25, 0.3) is 0 Å². The lowest BCUT2D eigenvalue weighted by Gasteiger charge is -2.20. The molecule has 0 saturated carbocycles. The van der Waals surface area contributed by atoms with Crippen molar-refractivity contribution in [2.45, 2.75) is 44.9 Å². The van der Waals surface area contributed by atoms with E-state index in [1.54, 1.807) is 4.57 Å². The van der Waals surface area contributed by atoms with Crippen molar-refractivity contribution in [3.8, 4) is 11.4 Å². The molecule has 2 aromatic rings. The van der Waals surface area contributed by atoms with Crippen molar-refractivity contribution in [3.63, 3.8) is 0 Å². The van der Waals surface area contributed by atoms with Crippen molar-refractivity contribution in [3.05, 3.63) is 29.8 Å². The fraction of sp³-hybridized carbons (Fsp3) is 0.412. The van der Waals surface area contributed by atoms with Crippen molar-refractivity contribution in [1.82, 2.24) is 20.1 Å².